The van der Waals surface area contributed by atoms with Crippen LogP contribution < -0.4 is 5.32 Å². The van der Waals surface area contributed by atoms with E-state index in [9.17, 15) is 0 Å². The number of aliphatic imine (C=N–C) groups is 1. The van der Waals surface area contributed by atoms with Crippen molar-refractivity contribution in [2.75, 3.05) is 52.5 Å². The van der Waals surface area contributed by atoms with Crippen LogP contribution in [0.5, 0.6) is 0 Å². The fourth-order valence-electron chi connectivity index (χ4n) is 4.42. The molecule has 7 heteroatoms. The van der Waals surface area contributed by atoms with E-state index in [1.54, 1.807) is 0 Å². The van der Waals surface area contributed by atoms with E-state index in [-0.39, 0.29) is 36.2 Å². The zero-order valence-electron chi connectivity index (χ0n) is 17.4. The van der Waals surface area contributed by atoms with Gasteiger partial charge in [0.1, 0.15) is 6.10 Å². The highest BCUT2D eigenvalue weighted by atomic mass is 127. The van der Waals surface area contributed by atoms with Gasteiger partial charge < -0.3 is 19.7 Å². The Kier molecular flexibility index (Phi) is 10.1. The van der Waals surface area contributed by atoms with Crippen molar-refractivity contribution in [2.45, 2.75) is 64.7 Å². The van der Waals surface area contributed by atoms with Crippen molar-refractivity contribution < 1.29 is 9.47 Å². The number of rotatable bonds is 6. The quantitative estimate of drug-likeness (QED) is 0.350. The van der Waals surface area contributed by atoms with Gasteiger partial charge in [-0.3, -0.25) is 9.89 Å². The Morgan fingerprint density at radius 1 is 1.11 bits per heavy atom. The van der Waals surface area contributed by atoms with Crippen molar-refractivity contribution >= 4 is 29.9 Å². The number of guanidine groups is 1. The van der Waals surface area contributed by atoms with E-state index < -0.39 is 0 Å². The van der Waals surface area contributed by atoms with Crippen LogP contribution >= 0.6 is 24.0 Å². The minimum Gasteiger partial charge on any atom is -0.375 e. The molecule has 1 N–H and O–H groups in total. The molecule has 3 aliphatic heterocycles. The number of nitrogens with zero attached hydrogens (tertiary/aromatic N) is 3. The molecule has 3 heterocycles. The fourth-order valence-corrected chi connectivity index (χ4v) is 4.42. The minimum absolute atomic E-state index is 0. The number of hydrogen-bond acceptors (Lipinski definition) is 4. The van der Waals surface area contributed by atoms with Gasteiger partial charge >= 0.3 is 0 Å². The average molecular weight is 494 g/mol. The molecule has 0 spiro atoms. The first-order valence-electron chi connectivity index (χ1n) is 10.7. The van der Waals surface area contributed by atoms with E-state index >= 15 is 0 Å². The average Bonchev–Trinajstić information content (AvgIpc) is 3.30. The number of hydrogen-bond donors (Lipinski definition) is 1. The topological polar surface area (TPSA) is 49.3 Å². The Bertz CT molecular complexity index is 457. The molecule has 6 nitrogen and oxygen atoms in total. The van der Waals surface area contributed by atoms with E-state index in [0.29, 0.717) is 6.04 Å². The number of nitrogens with one attached hydrogen (secondary N) is 1. The van der Waals surface area contributed by atoms with E-state index in [2.05, 4.69) is 35.9 Å². The number of likely N-dealkylation sites (tertiary alicyclic amines) is 1. The molecule has 0 aromatic rings. The number of ether oxygens (including phenoxy) is 2. The second-order valence-electron chi connectivity index (χ2n) is 8.29. The highest BCUT2D eigenvalue weighted by Crippen LogP contribution is 2.22. The van der Waals surface area contributed by atoms with Crippen LogP contribution in [0.2, 0.25) is 0 Å². The summed E-state index contributed by atoms with van der Waals surface area (Å²) in [5.74, 6) is 1.77. The molecule has 0 saturated carbocycles. The van der Waals surface area contributed by atoms with Crippen molar-refractivity contribution in [1.29, 1.82) is 0 Å². The predicted molar refractivity (Wildman–Crippen MR) is 121 cm³/mol. The first kappa shape index (κ1) is 23.2. The molecule has 0 aromatic carbocycles. The lowest BCUT2D eigenvalue weighted by atomic mass is 10.1. The van der Waals surface area contributed by atoms with Crippen LogP contribution in [0.4, 0.5) is 0 Å². The monoisotopic (exact) mass is 494 g/mol. The molecule has 0 aliphatic carbocycles. The second-order valence-corrected chi connectivity index (χ2v) is 8.29. The van der Waals surface area contributed by atoms with Crippen LogP contribution in [-0.4, -0.2) is 86.5 Å². The molecule has 3 saturated heterocycles. The van der Waals surface area contributed by atoms with Gasteiger partial charge in [-0.25, -0.2) is 0 Å². The van der Waals surface area contributed by atoms with Crippen LogP contribution in [0, 0.1) is 5.92 Å². The molecule has 2 unspecified atom stereocenters. The SMILES string of the molecule is CCNC(=NC[C@H]1CCCN1CC(C)C)N1CCOC(C2CCCO2)C1.I. The lowest BCUT2D eigenvalue weighted by molar-refractivity contribution is -0.0817. The van der Waals surface area contributed by atoms with Crippen molar-refractivity contribution in [3.63, 3.8) is 0 Å². The predicted octanol–water partition coefficient (Wildman–Crippen LogP) is 2.57. The first-order valence-corrected chi connectivity index (χ1v) is 10.7. The van der Waals surface area contributed by atoms with Gasteiger partial charge in [0.2, 0.25) is 0 Å². The van der Waals surface area contributed by atoms with Gasteiger partial charge in [-0.2, -0.15) is 0 Å². The van der Waals surface area contributed by atoms with E-state index in [1.165, 1.54) is 25.9 Å². The molecule has 0 aromatic heterocycles. The Morgan fingerprint density at radius 3 is 2.63 bits per heavy atom. The highest BCUT2D eigenvalue weighted by Gasteiger charge is 2.32. The van der Waals surface area contributed by atoms with Gasteiger partial charge in [0, 0.05) is 38.8 Å². The summed E-state index contributed by atoms with van der Waals surface area (Å²) in [6, 6.07) is 0.598. The number of halogens is 1. The van der Waals surface area contributed by atoms with Crippen molar-refractivity contribution in [2.24, 2.45) is 10.9 Å². The molecular weight excluding hydrogens is 455 g/mol. The summed E-state index contributed by atoms with van der Waals surface area (Å²) >= 11 is 0. The number of morpholine rings is 1. The highest BCUT2D eigenvalue weighted by molar-refractivity contribution is 14.0. The van der Waals surface area contributed by atoms with Crippen LogP contribution in [0.15, 0.2) is 4.99 Å². The van der Waals surface area contributed by atoms with Gasteiger partial charge in [0.15, 0.2) is 5.96 Å². The van der Waals surface area contributed by atoms with Gasteiger partial charge in [-0.1, -0.05) is 13.8 Å². The zero-order chi connectivity index (χ0) is 18.4. The van der Waals surface area contributed by atoms with E-state index in [0.717, 1.165) is 64.1 Å². The first-order chi connectivity index (χ1) is 12.7. The summed E-state index contributed by atoms with van der Waals surface area (Å²) in [6.07, 6.45) is 5.31. The van der Waals surface area contributed by atoms with Crippen molar-refractivity contribution in [3.05, 3.63) is 0 Å². The lowest BCUT2D eigenvalue weighted by Crippen LogP contribution is -2.53. The van der Waals surface area contributed by atoms with Crippen LogP contribution in [0.25, 0.3) is 0 Å². The van der Waals surface area contributed by atoms with Gasteiger partial charge in [-0.15, -0.1) is 24.0 Å². The maximum absolute atomic E-state index is 6.00. The summed E-state index contributed by atoms with van der Waals surface area (Å²) < 4.78 is 11.9. The molecule has 3 rings (SSSR count). The summed E-state index contributed by atoms with van der Waals surface area (Å²) in [5, 5.41) is 3.50. The molecular formula is C20H39IN4O2. The molecule has 27 heavy (non-hydrogen) atoms. The van der Waals surface area contributed by atoms with E-state index in [1.807, 2.05) is 0 Å². The fraction of sp³-hybridized carbons (Fsp3) is 0.950. The third kappa shape index (κ3) is 6.72. The molecule has 0 amide bonds. The second kappa shape index (κ2) is 11.8. The maximum Gasteiger partial charge on any atom is 0.194 e. The Labute approximate surface area is 182 Å². The van der Waals surface area contributed by atoms with Gasteiger partial charge in [-0.05, 0) is 45.1 Å². The summed E-state index contributed by atoms with van der Waals surface area (Å²) in [6.45, 7) is 14.4. The maximum atomic E-state index is 6.00. The van der Waals surface area contributed by atoms with Crippen molar-refractivity contribution in [3.8, 4) is 0 Å². The van der Waals surface area contributed by atoms with Crippen LogP contribution in [0.1, 0.15) is 46.5 Å². The van der Waals surface area contributed by atoms with Crippen LogP contribution in [-0.2, 0) is 9.47 Å². The Balaban J connectivity index is 0.00000261. The third-order valence-electron chi connectivity index (χ3n) is 5.66. The molecule has 3 fully saturated rings. The normalized spacial score (nSPS) is 30.0. The van der Waals surface area contributed by atoms with Crippen LogP contribution in [0.3, 0.4) is 0 Å². The van der Waals surface area contributed by atoms with Crippen molar-refractivity contribution in [1.82, 2.24) is 15.1 Å². The molecule has 0 radical (unpaired) electrons. The Hall–Kier alpha value is -0.120. The molecule has 158 valence electrons. The molecule has 0 bridgehead atoms. The third-order valence-corrected chi connectivity index (χ3v) is 5.66. The molecule has 3 atom stereocenters. The summed E-state index contributed by atoms with van der Waals surface area (Å²) in [5.41, 5.74) is 0. The van der Waals surface area contributed by atoms with Gasteiger partial charge in [0.05, 0.1) is 19.3 Å². The summed E-state index contributed by atoms with van der Waals surface area (Å²) in [4.78, 5) is 10.0. The minimum atomic E-state index is 0. The standard InChI is InChI=1S/C20H38N4O2.HI/c1-4-21-20(22-13-17-7-5-9-23(17)14-16(2)3)24-10-12-26-19(15-24)18-8-6-11-25-18;/h16-19H,4-15H2,1-3H3,(H,21,22);1H/t17-,18?,19?;/m1./s1. The smallest absolute Gasteiger partial charge is 0.194 e. The zero-order valence-corrected chi connectivity index (χ0v) is 19.7. The van der Waals surface area contributed by atoms with Gasteiger partial charge in [0.25, 0.3) is 0 Å². The Morgan fingerprint density at radius 2 is 1.93 bits per heavy atom. The summed E-state index contributed by atoms with van der Waals surface area (Å²) in [7, 11) is 0. The lowest BCUT2D eigenvalue weighted by Gasteiger charge is -2.37. The molecule has 3 aliphatic rings. The van der Waals surface area contributed by atoms with E-state index in [4.69, 9.17) is 14.5 Å². The largest absolute Gasteiger partial charge is 0.375 e.